The first-order chi connectivity index (χ1) is 12.9. The minimum Gasteiger partial charge on any atom is -0.358 e. The number of H-pyrrole nitrogens is 2. The van der Waals surface area contributed by atoms with Gasteiger partial charge < -0.3 is 9.97 Å². The third-order valence-electron chi connectivity index (χ3n) is 6.01. The fourth-order valence-corrected chi connectivity index (χ4v) is 4.72. The highest BCUT2D eigenvalue weighted by atomic mass is 14.7. The van der Waals surface area contributed by atoms with Gasteiger partial charge in [0.2, 0.25) is 0 Å². The number of rotatable bonds is 0. The van der Waals surface area contributed by atoms with Gasteiger partial charge in [-0.05, 0) is 74.6 Å². The molecule has 0 amide bonds. The number of aryl methyl sites for hydroxylation is 4. The van der Waals surface area contributed by atoms with Crippen LogP contribution in [0.4, 0.5) is 0 Å². The van der Waals surface area contributed by atoms with E-state index in [-0.39, 0.29) is 0 Å². The molecule has 2 aromatic carbocycles. The van der Waals surface area contributed by atoms with Gasteiger partial charge in [0.25, 0.3) is 0 Å². The quantitative estimate of drug-likeness (QED) is 0.387. The molecular formula is C24H26N2. The summed E-state index contributed by atoms with van der Waals surface area (Å²) in [6.07, 6.45) is 10.4. The molecule has 2 aromatic heterocycles. The first-order valence-corrected chi connectivity index (χ1v) is 10.1. The van der Waals surface area contributed by atoms with E-state index in [4.69, 9.17) is 0 Å². The average molecular weight is 342 g/mol. The van der Waals surface area contributed by atoms with Crippen LogP contribution in [0.5, 0.6) is 0 Å². The van der Waals surface area contributed by atoms with Crippen LogP contribution in [0.1, 0.15) is 48.2 Å². The average Bonchev–Trinajstić information content (AvgIpc) is 3.27. The normalized spacial score (nSPS) is 16.0. The lowest BCUT2D eigenvalue weighted by Gasteiger charge is -2.10. The number of hydrogen-bond donors (Lipinski definition) is 2. The lowest BCUT2D eigenvalue weighted by Crippen LogP contribution is -1.99. The zero-order valence-corrected chi connectivity index (χ0v) is 15.3. The lowest BCUT2D eigenvalue weighted by atomic mass is 9.96. The van der Waals surface area contributed by atoms with E-state index in [2.05, 4.69) is 58.5 Å². The molecule has 2 N–H and O–H groups in total. The molecule has 132 valence electrons. The fourth-order valence-electron chi connectivity index (χ4n) is 4.72. The SMILES string of the molecule is c1ccc2c3c([nH]c2c1)CCCC3.c1ccc2c3c([nH]c2c1)CCCC3. The highest BCUT2D eigenvalue weighted by Crippen LogP contribution is 2.29. The van der Waals surface area contributed by atoms with Gasteiger partial charge in [0.1, 0.15) is 0 Å². The second-order valence-electron chi connectivity index (χ2n) is 7.67. The Balaban J connectivity index is 0.000000115. The molecule has 2 heterocycles. The summed E-state index contributed by atoms with van der Waals surface area (Å²) in [7, 11) is 0. The van der Waals surface area contributed by atoms with Crippen molar-refractivity contribution < 1.29 is 0 Å². The van der Waals surface area contributed by atoms with E-state index in [0.717, 1.165) is 0 Å². The van der Waals surface area contributed by atoms with Crippen LogP contribution in [-0.2, 0) is 25.7 Å². The molecular weight excluding hydrogens is 316 g/mol. The van der Waals surface area contributed by atoms with Gasteiger partial charge >= 0.3 is 0 Å². The van der Waals surface area contributed by atoms with Gasteiger partial charge in [-0.2, -0.15) is 0 Å². The third kappa shape index (κ3) is 2.74. The summed E-state index contributed by atoms with van der Waals surface area (Å²) in [6, 6.07) is 17.3. The molecule has 0 aliphatic heterocycles. The molecule has 26 heavy (non-hydrogen) atoms. The van der Waals surface area contributed by atoms with Crippen molar-refractivity contribution in [1.82, 2.24) is 9.97 Å². The van der Waals surface area contributed by atoms with E-state index in [9.17, 15) is 0 Å². The van der Waals surface area contributed by atoms with E-state index in [1.807, 2.05) is 0 Å². The van der Waals surface area contributed by atoms with Crippen LogP contribution in [0.25, 0.3) is 21.8 Å². The Morgan fingerprint density at radius 2 is 0.923 bits per heavy atom. The lowest BCUT2D eigenvalue weighted by molar-refractivity contribution is 0.680. The molecule has 0 atom stereocenters. The molecule has 4 aromatic rings. The molecule has 0 radical (unpaired) electrons. The van der Waals surface area contributed by atoms with E-state index in [0.29, 0.717) is 0 Å². The van der Waals surface area contributed by atoms with Crippen LogP contribution < -0.4 is 0 Å². The zero-order chi connectivity index (χ0) is 17.3. The Hall–Kier alpha value is -2.48. The first-order valence-electron chi connectivity index (χ1n) is 10.1. The molecule has 2 nitrogen and oxygen atoms in total. The summed E-state index contributed by atoms with van der Waals surface area (Å²) >= 11 is 0. The highest BCUT2D eigenvalue weighted by Gasteiger charge is 2.14. The summed E-state index contributed by atoms with van der Waals surface area (Å²) in [5.74, 6) is 0. The molecule has 0 unspecified atom stereocenters. The number of benzene rings is 2. The van der Waals surface area contributed by atoms with E-state index in [1.54, 1.807) is 11.1 Å². The van der Waals surface area contributed by atoms with Gasteiger partial charge in [0.15, 0.2) is 0 Å². The largest absolute Gasteiger partial charge is 0.358 e. The van der Waals surface area contributed by atoms with Crippen LogP contribution in [0.2, 0.25) is 0 Å². The molecule has 6 rings (SSSR count). The summed E-state index contributed by atoms with van der Waals surface area (Å²) < 4.78 is 0. The van der Waals surface area contributed by atoms with Crippen LogP contribution in [0, 0.1) is 0 Å². The van der Waals surface area contributed by atoms with Crippen LogP contribution in [0.3, 0.4) is 0 Å². The number of para-hydroxylation sites is 2. The number of fused-ring (bicyclic) bond motifs is 6. The predicted molar refractivity (Wildman–Crippen MR) is 110 cm³/mol. The monoisotopic (exact) mass is 342 g/mol. The second kappa shape index (κ2) is 6.68. The van der Waals surface area contributed by atoms with Gasteiger partial charge in [-0.3, -0.25) is 0 Å². The van der Waals surface area contributed by atoms with Crippen molar-refractivity contribution >= 4 is 21.8 Å². The molecule has 0 bridgehead atoms. The molecule has 2 heteroatoms. The molecule has 0 spiro atoms. The molecule has 0 fully saturated rings. The van der Waals surface area contributed by atoms with Gasteiger partial charge in [0.05, 0.1) is 0 Å². The fraction of sp³-hybridized carbons (Fsp3) is 0.333. The maximum Gasteiger partial charge on any atom is 0.0458 e. The van der Waals surface area contributed by atoms with Gasteiger partial charge in [-0.1, -0.05) is 36.4 Å². The van der Waals surface area contributed by atoms with E-state index >= 15 is 0 Å². The standard InChI is InChI=1S/2C12H13N/c2*1-3-7-11-9(5-1)10-6-2-4-8-12(10)13-11/h2*1,3,5,7,13H,2,4,6,8H2. The number of nitrogens with one attached hydrogen (secondary N) is 2. The van der Waals surface area contributed by atoms with Gasteiger partial charge in [-0.25, -0.2) is 0 Å². The van der Waals surface area contributed by atoms with Crippen LogP contribution >= 0.6 is 0 Å². The third-order valence-corrected chi connectivity index (χ3v) is 6.01. The molecule has 0 saturated heterocycles. The topological polar surface area (TPSA) is 31.6 Å². The van der Waals surface area contributed by atoms with Crippen molar-refractivity contribution in [2.75, 3.05) is 0 Å². The van der Waals surface area contributed by atoms with Gasteiger partial charge in [0, 0.05) is 33.2 Å². The smallest absolute Gasteiger partial charge is 0.0458 e. The van der Waals surface area contributed by atoms with Crippen LogP contribution in [0.15, 0.2) is 48.5 Å². The van der Waals surface area contributed by atoms with Crippen molar-refractivity contribution in [3.05, 3.63) is 71.0 Å². The molecule has 2 aliphatic rings. The zero-order valence-electron chi connectivity index (χ0n) is 15.3. The predicted octanol–water partition coefficient (Wildman–Crippen LogP) is 6.09. The Kier molecular flexibility index (Phi) is 4.05. The van der Waals surface area contributed by atoms with Crippen molar-refractivity contribution in [3.63, 3.8) is 0 Å². The maximum absolute atomic E-state index is 3.52. The number of hydrogen-bond acceptors (Lipinski definition) is 0. The summed E-state index contributed by atoms with van der Waals surface area (Å²) in [5.41, 5.74) is 8.73. The Labute approximate surface area is 154 Å². The summed E-state index contributed by atoms with van der Waals surface area (Å²) in [4.78, 5) is 7.03. The van der Waals surface area contributed by atoms with Crippen molar-refractivity contribution in [2.24, 2.45) is 0 Å². The van der Waals surface area contributed by atoms with Crippen molar-refractivity contribution in [1.29, 1.82) is 0 Å². The Morgan fingerprint density at radius 1 is 0.500 bits per heavy atom. The highest BCUT2D eigenvalue weighted by molar-refractivity contribution is 5.85. The Bertz CT molecular complexity index is 965. The number of aromatic amines is 2. The molecule has 0 saturated carbocycles. The van der Waals surface area contributed by atoms with Gasteiger partial charge in [-0.15, -0.1) is 0 Å². The second-order valence-corrected chi connectivity index (χ2v) is 7.67. The van der Waals surface area contributed by atoms with Crippen molar-refractivity contribution in [3.8, 4) is 0 Å². The summed E-state index contributed by atoms with van der Waals surface area (Å²) in [5, 5.41) is 2.88. The number of aromatic nitrogens is 2. The maximum atomic E-state index is 3.52. The molecule has 2 aliphatic carbocycles. The minimum atomic E-state index is 1.24. The first kappa shape index (κ1) is 15.7. The summed E-state index contributed by atoms with van der Waals surface area (Å²) in [6.45, 7) is 0. The van der Waals surface area contributed by atoms with E-state index < -0.39 is 0 Å². The minimum absolute atomic E-state index is 1.24. The van der Waals surface area contributed by atoms with Crippen LogP contribution in [-0.4, -0.2) is 9.97 Å². The van der Waals surface area contributed by atoms with E-state index in [1.165, 1.54) is 84.6 Å². The van der Waals surface area contributed by atoms with Crippen molar-refractivity contribution in [2.45, 2.75) is 51.4 Å². The Morgan fingerprint density at radius 3 is 1.42 bits per heavy atom.